The highest BCUT2D eigenvalue weighted by atomic mass is 79.9. The summed E-state index contributed by atoms with van der Waals surface area (Å²) in [5.74, 6) is 0.0330. The highest BCUT2D eigenvalue weighted by molar-refractivity contribution is 9.10. The van der Waals surface area contributed by atoms with E-state index in [1.54, 1.807) is 7.11 Å². The molecule has 1 atom stereocenters. The van der Waals surface area contributed by atoms with E-state index >= 15 is 0 Å². The molecule has 0 aromatic heterocycles. The van der Waals surface area contributed by atoms with Crippen LogP contribution >= 0.6 is 15.9 Å². The smallest absolute Gasteiger partial charge is 0.244 e. The van der Waals surface area contributed by atoms with Crippen LogP contribution in [0, 0.1) is 0 Å². The average Bonchev–Trinajstić information content (AvgIpc) is 2.35. The third kappa shape index (κ3) is 5.62. The van der Waals surface area contributed by atoms with Gasteiger partial charge in [0.2, 0.25) is 5.91 Å². The maximum Gasteiger partial charge on any atom is 0.244 e. The lowest BCUT2D eigenvalue weighted by molar-refractivity contribution is -0.134. The number of carbonyl (C=O) groups is 1. The second kappa shape index (κ2) is 8.24. The average molecular weight is 316 g/mol. The highest BCUT2D eigenvalue weighted by Crippen LogP contribution is 2.20. The van der Waals surface area contributed by atoms with E-state index in [1.165, 1.54) is 0 Å². The van der Waals surface area contributed by atoms with Crippen LogP contribution in [0.5, 0.6) is 0 Å². The summed E-state index contributed by atoms with van der Waals surface area (Å²) >= 11 is 3.38. The van der Waals surface area contributed by atoms with E-state index in [-0.39, 0.29) is 11.8 Å². The Morgan fingerprint density at radius 3 is 2.61 bits per heavy atom. The van der Waals surface area contributed by atoms with Crippen molar-refractivity contribution in [3.63, 3.8) is 0 Å². The molecule has 0 aliphatic rings. The number of hydrogen-bond acceptors (Lipinski definition) is 3. The SMILES string of the molecule is COCCONC(=O)CC(C)c1ccc(Br)cc1. The number of carbonyl (C=O) groups excluding carboxylic acids is 1. The Labute approximate surface area is 116 Å². The predicted molar refractivity (Wildman–Crippen MR) is 73.1 cm³/mol. The first-order valence-corrected chi connectivity index (χ1v) is 6.58. The molecule has 0 aliphatic heterocycles. The number of ether oxygens (including phenoxy) is 1. The summed E-state index contributed by atoms with van der Waals surface area (Å²) in [6, 6.07) is 7.96. The van der Waals surface area contributed by atoms with E-state index in [0.29, 0.717) is 19.6 Å². The lowest BCUT2D eigenvalue weighted by Gasteiger charge is -2.12. The molecule has 1 aromatic carbocycles. The zero-order valence-corrected chi connectivity index (χ0v) is 12.2. The molecule has 0 spiro atoms. The molecule has 1 aromatic rings. The molecule has 5 heteroatoms. The van der Waals surface area contributed by atoms with Crippen LogP contribution in [0.4, 0.5) is 0 Å². The van der Waals surface area contributed by atoms with E-state index in [2.05, 4.69) is 21.4 Å². The molecule has 0 heterocycles. The number of hydroxylamine groups is 1. The van der Waals surface area contributed by atoms with Crippen molar-refractivity contribution in [3.05, 3.63) is 34.3 Å². The fourth-order valence-corrected chi connectivity index (χ4v) is 1.75. The summed E-state index contributed by atoms with van der Waals surface area (Å²) in [6.07, 6.45) is 0.397. The molecule has 0 fully saturated rings. The van der Waals surface area contributed by atoms with Gasteiger partial charge in [0.1, 0.15) is 0 Å². The Hall–Kier alpha value is -0.910. The summed E-state index contributed by atoms with van der Waals surface area (Å²) in [5.41, 5.74) is 3.53. The minimum Gasteiger partial charge on any atom is -0.382 e. The maximum atomic E-state index is 11.6. The van der Waals surface area contributed by atoms with Gasteiger partial charge in [-0.15, -0.1) is 0 Å². The van der Waals surface area contributed by atoms with Crippen LogP contribution in [-0.2, 0) is 14.4 Å². The number of halogens is 1. The van der Waals surface area contributed by atoms with Gasteiger partial charge >= 0.3 is 0 Å². The topological polar surface area (TPSA) is 47.6 Å². The van der Waals surface area contributed by atoms with E-state index in [9.17, 15) is 4.79 Å². The quantitative estimate of drug-likeness (QED) is 0.621. The van der Waals surface area contributed by atoms with E-state index in [1.807, 2.05) is 31.2 Å². The van der Waals surface area contributed by atoms with Crippen molar-refractivity contribution in [3.8, 4) is 0 Å². The third-order valence-corrected chi connectivity index (χ3v) is 3.03. The molecule has 1 N–H and O–H groups in total. The first-order valence-electron chi connectivity index (χ1n) is 5.78. The van der Waals surface area contributed by atoms with Crippen LogP contribution in [0.15, 0.2) is 28.7 Å². The molecular weight excluding hydrogens is 298 g/mol. The first kappa shape index (κ1) is 15.1. The van der Waals surface area contributed by atoms with Gasteiger partial charge in [-0.3, -0.25) is 9.63 Å². The monoisotopic (exact) mass is 315 g/mol. The van der Waals surface area contributed by atoms with Gasteiger partial charge in [-0.25, -0.2) is 5.48 Å². The molecule has 18 heavy (non-hydrogen) atoms. The molecule has 0 bridgehead atoms. The molecule has 0 radical (unpaired) electrons. The van der Waals surface area contributed by atoms with Crippen molar-refractivity contribution in [1.29, 1.82) is 0 Å². The number of nitrogens with one attached hydrogen (secondary N) is 1. The largest absolute Gasteiger partial charge is 0.382 e. The molecule has 0 saturated carbocycles. The minimum atomic E-state index is -0.124. The van der Waals surface area contributed by atoms with Crippen LogP contribution in [-0.4, -0.2) is 26.2 Å². The summed E-state index contributed by atoms with van der Waals surface area (Å²) in [7, 11) is 1.58. The van der Waals surface area contributed by atoms with Crippen molar-refractivity contribution in [2.45, 2.75) is 19.3 Å². The lowest BCUT2D eigenvalue weighted by Crippen LogP contribution is -2.26. The molecule has 1 rings (SSSR count). The highest BCUT2D eigenvalue weighted by Gasteiger charge is 2.11. The van der Waals surface area contributed by atoms with Gasteiger partial charge in [0, 0.05) is 18.0 Å². The van der Waals surface area contributed by atoms with Gasteiger partial charge in [-0.05, 0) is 23.6 Å². The first-order chi connectivity index (χ1) is 8.63. The second-order valence-corrected chi connectivity index (χ2v) is 4.94. The predicted octanol–water partition coefficient (Wildman–Crippen LogP) is 2.64. The van der Waals surface area contributed by atoms with E-state index in [4.69, 9.17) is 9.57 Å². The lowest BCUT2D eigenvalue weighted by atomic mass is 9.98. The van der Waals surface area contributed by atoms with Crippen LogP contribution in [0.2, 0.25) is 0 Å². The molecule has 1 amide bonds. The fraction of sp³-hybridized carbons (Fsp3) is 0.462. The summed E-state index contributed by atoms with van der Waals surface area (Å²) in [4.78, 5) is 16.5. The fourth-order valence-electron chi connectivity index (χ4n) is 1.49. The third-order valence-electron chi connectivity index (χ3n) is 2.51. The van der Waals surface area contributed by atoms with Crippen molar-refractivity contribution in [2.75, 3.05) is 20.3 Å². The van der Waals surface area contributed by atoms with E-state index < -0.39 is 0 Å². The molecule has 4 nitrogen and oxygen atoms in total. The van der Waals surface area contributed by atoms with Crippen LogP contribution in [0.1, 0.15) is 24.8 Å². The summed E-state index contributed by atoms with van der Waals surface area (Å²) in [6.45, 7) is 2.83. The Morgan fingerprint density at radius 2 is 2.00 bits per heavy atom. The van der Waals surface area contributed by atoms with Crippen LogP contribution < -0.4 is 5.48 Å². The summed E-state index contributed by atoms with van der Waals surface area (Å²) in [5, 5.41) is 0. The molecule has 0 aliphatic carbocycles. The zero-order valence-electron chi connectivity index (χ0n) is 10.6. The van der Waals surface area contributed by atoms with Crippen molar-refractivity contribution < 1.29 is 14.4 Å². The Kier molecular flexibility index (Phi) is 6.93. The van der Waals surface area contributed by atoms with Crippen LogP contribution in [0.3, 0.4) is 0 Å². The maximum absolute atomic E-state index is 11.6. The number of methoxy groups -OCH3 is 1. The van der Waals surface area contributed by atoms with Gasteiger partial charge in [0.15, 0.2) is 0 Å². The Bertz CT molecular complexity index is 367. The molecule has 1 unspecified atom stereocenters. The second-order valence-electron chi connectivity index (χ2n) is 4.02. The normalized spacial score (nSPS) is 12.2. The van der Waals surface area contributed by atoms with Crippen molar-refractivity contribution in [2.24, 2.45) is 0 Å². The van der Waals surface area contributed by atoms with Gasteiger partial charge in [-0.2, -0.15) is 0 Å². The number of rotatable bonds is 7. The Balaban J connectivity index is 2.33. The van der Waals surface area contributed by atoms with Crippen LogP contribution in [0.25, 0.3) is 0 Å². The minimum absolute atomic E-state index is 0.124. The van der Waals surface area contributed by atoms with Gasteiger partial charge in [0.05, 0.1) is 13.2 Å². The number of hydrogen-bond donors (Lipinski definition) is 1. The standard InChI is InChI=1S/C13H18BrNO3/c1-10(11-3-5-12(14)6-4-11)9-13(16)15-18-8-7-17-2/h3-6,10H,7-9H2,1-2H3,(H,15,16). The number of benzene rings is 1. The molecule has 100 valence electrons. The van der Waals surface area contributed by atoms with Crippen molar-refractivity contribution >= 4 is 21.8 Å². The molecule has 0 saturated heterocycles. The number of amides is 1. The van der Waals surface area contributed by atoms with Gasteiger partial charge < -0.3 is 4.74 Å². The van der Waals surface area contributed by atoms with Gasteiger partial charge in [0.25, 0.3) is 0 Å². The Morgan fingerprint density at radius 1 is 1.33 bits per heavy atom. The van der Waals surface area contributed by atoms with Gasteiger partial charge in [-0.1, -0.05) is 35.0 Å². The molecular formula is C13H18BrNO3. The zero-order chi connectivity index (χ0) is 13.4. The van der Waals surface area contributed by atoms with E-state index in [0.717, 1.165) is 10.0 Å². The van der Waals surface area contributed by atoms with Crippen molar-refractivity contribution in [1.82, 2.24) is 5.48 Å². The summed E-state index contributed by atoms with van der Waals surface area (Å²) < 4.78 is 5.84.